The van der Waals surface area contributed by atoms with Gasteiger partial charge < -0.3 is 5.11 Å². The Hall–Kier alpha value is -0.910. The van der Waals surface area contributed by atoms with E-state index >= 15 is 0 Å². The van der Waals surface area contributed by atoms with Gasteiger partial charge in [0, 0.05) is 0 Å². The highest BCUT2D eigenvalue weighted by Gasteiger charge is 2.15. The molecule has 5 heteroatoms. The summed E-state index contributed by atoms with van der Waals surface area (Å²) in [6, 6.07) is 8.31. The lowest BCUT2D eigenvalue weighted by Crippen LogP contribution is -2.12. The van der Waals surface area contributed by atoms with Crippen molar-refractivity contribution >= 4 is 10.1 Å². The molecule has 0 aliphatic rings. The van der Waals surface area contributed by atoms with Crippen LogP contribution in [0.25, 0.3) is 0 Å². The van der Waals surface area contributed by atoms with Gasteiger partial charge in [-0.3, -0.25) is 4.55 Å². The zero-order chi connectivity index (χ0) is 9.90. The second-order valence-corrected chi connectivity index (χ2v) is 4.17. The summed E-state index contributed by atoms with van der Waals surface area (Å²) in [4.78, 5) is 0. The van der Waals surface area contributed by atoms with E-state index in [1.54, 1.807) is 30.3 Å². The lowest BCUT2D eigenvalue weighted by Gasteiger charge is -2.07. The van der Waals surface area contributed by atoms with Crippen molar-refractivity contribution in [2.24, 2.45) is 0 Å². The van der Waals surface area contributed by atoms with E-state index in [0.717, 1.165) is 0 Å². The smallest absolute Gasteiger partial charge is 0.267 e. The number of rotatable bonds is 3. The molecule has 1 aromatic rings. The fourth-order valence-electron chi connectivity index (χ4n) is 0.971. The fraction of sp³-hybridized carbons (Fsp3) is 0.250. The Morgan fingerprint density at radius 3 is 2.23 bits per heavy atom. The Balaban J connectivity index is 2.76. The summed E-state index contributed by atoms with van der Waals surface area (Å²) in [5.74, 6) is -0.670. The zero-order valence-corrected chi connectivity index (χ0v) is 7.61. The van der Waals surface area contributed by atoms with Crippen LogP contribution < -0.4 is 0 Å². The molecule has 2 N–H and O–H groups in total. The van der Waals surface area contributed by atoms with Gasteiger partial charge in [-0.2, -0.15) is 8.42 Å². The second kappa shape index (κ2) is 3.87. The Bertz CT molecular complexity index is 357. The Kier molecular flexibility index (Phi) is 3.02. The highest BCUT2D eigenvalue weighted by atomic mass is 32.2. The number of aliphatic hydroxyl groups is 1. The first-order valence-corrected chi connectivity index (χ1v) is 5.28. The molecule has 0 bridgehead atoms. The summed E-state index contributed by atoms with van der Waals surface area (Å²) >= 11 is 0. The lowest BCUT2D eigenvalue weighted by atomic mass is 10.1. The van der Waals surface area contributed by atoms with E-state index < -0.39 is 22.0 Å². The van der Waals surface area contributed by atoms with Crippen LogP contribution in [-0.2, 0) is 10.1 Å². The van der Waals surface area contributed by atoms with Crippen LogP contribution in [0, 0.1) is 0 Å². The average molecular weight is 202 g/mol. The lowest BCUT2D eigenvalue weighted by molar-refractivity contribution is 0.199. The van der Waals surface area contributed by atoms with Crippen LogP contribution in [0.1, 0.15) is 11.7 Å². The molecule has 0 spiro atoms. The summed E-state index contributed by atoms with van der Waals surface area (Å²) in [5, 5.41) is 9.32. The number of benzene rings is 1. The van der Waals surface area contributed by atoms with Crippen molar-refractivity contribution in [1.82, 2.24) is 0 Å². The molecule has 0 amide bonds. The maximum atomic E-state index is 10.4. The molecule has 13 heavy (non-hydrogen) atoms. The van der Waals surface area contributed by atoms with Crippen molar-refractivity contribution in [2.45, 2.75) is 6.10 Å². The quantitative estimate of drug-likeness (QED) is 0.704. The molecule has 0 aliphatic carbocycles. The monoisotopic (exact) mass is 202 g/mol. The Labute approximate surface area is 76.6 Å². The third kappa shape index (κ3) is 3.54. The van der Waals surface area contributed by atoms with Crippen LogP contribution in [0.15, 0.2) is 30.3 Å². The van der Waals surface area contributed by atoms with Gasteiger partial charge in [-0.15, -0.1) is 0 Å². The topological polar surface area (TPSA) is 74.6 Å². The zero-order valence-electron chi connectivity index (χ0n) is 6.79. The number of hydrogen-bond donors (Lipinski definition) is 2. The predicted octanol–water partition coefficient (Wildman–Crippen LogP) is 0.608. The third-order valence-corrected chi connectivity index (χ3v) is 2.29. The van der Waals surface area contributed by atoms with Crippen LogP contribution in [0.4, 0.5) is 0 Å². The molecule has 1 aromatic carbocycles. The van der Waals surface area contributed by atoms with Crippen molar-refractivity contribution in [3.8, 4) is 0 Å². The minimum absolute atomic E-state index is 0.472. The molecule has 0 aromatic heterocycles. The van der Waals surface area contributed by atoms with Crippen molar-refractivity contribution in [3.63, 3.8) is 0 Å². The second-order valence-electron chi connectivity index (χ2n) is 2.68. The first-order valence-electron chi connectivity index (χ1n) is 3.67. The summed E-state index contributed by atoms with van der Waals surface area (Å²) < 4.78 is 29.3. The highest BCUT2D eigenvalue weighted by Crippen LogP contribution is 2.13. The van der Waals surface area contributed by atoms with Gasteiger partial charge in [-0.25, -0.2) is 0 Å². The molecule has 4 nitrogen and oxygen atoms in total. The molecule has 0 saturated heterocycles. The van der Waals surface area contributed by atoms with E-state index in [4.69, 9.17) is 4.55 Å². The molecule has 0 aliphatic heterocycles. The summed E-state index contributed by atoms with van der Waals surface area (Å²) in [7, 11) is -4.12. The molecule has 1 rings (SSSR count). The molecule has 72 valence electrons. The van der Waals surface area contributed by atoms with Crippen LogP contribution in [-0.4, -0.2) is 23.8 Å². The van der Waals surface area contributed by atoms with Crippen molar-refractivity contribution in [2.75, 3.05) is 5.75 Å². The molecule has 0 saturated carbocycles. The van der Waals surface area contributed by atoms with Gasteiger partial charge in [-0.05, 0) is 5.56 Å². The van der Waals surface area contributed by atoms with Gasteiger partial charge in [0.25, 0.3) is 10.1 Å². The van der Waals surface area contributed by atoms with E-state index in [1.165, 1.54) is 0 Å². The maximum Gasteiger partial charge on any atom is 0.267 e. The molecule has 0 radical (unpaired) electrons. The van der Waals surface area contributed by atoms with E-state index in [1.807, 2.05) is 0 Å². The van der Waals surface area contributed by atoms with Crippen LogP contribution in [0.5, 0.6) is 0 Å². The molecule has 1 atom stereocenters. The van der Waals surface area contributed by atoms with Gasteiger partial charge >= 0.3 is 0 Å². The van der Waals surface area contributed by atoms with E-state index in [0.29, 0.717) is 5.56 Å². The fourth-order valence-corrected chi connectivity index (χ4v) is 1.56. The minimum atomic E-state index is -4.12. The normalized spacial score (nSPS) is 14.0. The molecular weight excluding hydrogens is 192 g/mol. The number of hydrogen-bond acceptors (Lipinski definition) is 3. The Morgan fingerprint density at radius 2 is 1.77 bits per heavy atom. The average Bonchev–Trinajstić information content (AvgIpc) is 2.03. The van der Waals surface area contributed by atoms with Crippen molar-refractivity contribution < 1.29 is 18.1 Å². The van der Waals surface area contributed by atoms with Gasteiger partial charge in [-0.1, -0.05) is 30.3 Å². The first kappa shape index (κ1) is 10.2. The Morgan fingerprint density at radius 1 is 1.23 bits per heavy atom. The predicted molar refractivity (Wildman–Crippen MR) is 47.8 cm³/mol. The van der Waals surface area contributed by atoms with Crippen molar-refractivity contribution in [3.05, 3.63) is 35.9 Å². The SMILES string of the molecule is O=S(=O)(O)C[C@H](O)c1ccccc1. The largest absolute Gasteiger partial charge is 0.387 e. The highest BCUT2D eigenvalue weighted by molar-refractivity contribution is 7.85. The van der Waals surface area contributed by atoms with Gasteiger partial charge in [0.1, 0.15) is 5.75 Å². The minimum Gasteiger partial charge on any atom is -0.387 e. The molecular formula is C8H10O4S. The van der Waals surface area contributed by atoms with Crippen LogP contribution >= 0.6 is 0 Å². The van der Waals surface area contributed by atoms with Gasteiger partial charge in [0.15, 0.2) is 0 Å². The third-order valence-electron chi connectivity index (χ3n) is 1.55. The molecule has 0 unspecified atom stereocenters. The standard InChI is InChI=1S/C8H10O4S/c9-8(6-13(10,11)12)7-4-2-1-3-5-7/h1-5,8-9H,6H2,(H,10,11,12)/t8-/m0/s1. The van der Waals surface area contributed by atoms with Gasteiger partial charge in [0.2, 0.25) is 0 Å². The van der Waals surface area contributed by atoms with E-state index in [9.17, 15) is 13.5 Å². The summed E-state index contributed by atoms with van der Waals surface area (Å²) in [6.07, 6.45) is -1.17. The van der Waals surface area contributed by atoms with Crippen molar-refractivity contribution in [1.29, 1.82) is 0 Å². The summed E-state index contributed by atoms with van der Waals surface area (Å²) in [5.41, 5.74) is 0.472. The van der Waals surface area contributed by atoms with Gasteiger partial charge in [0.05, 0.1) is 6.10 Å². The van der Waals surface area contributed by atoms with Crippen LogP contribution in [0.3, 0.4) is 0 Å². The first-order chi connectivity index (χ1) is 5.99. The molecule has 0 fully saturated rings. The van der Waals surface area contributed by atoms with E-state index in [2.05, 4.69) is 0 Å². The number of aliphatic hydroxyl groups excluding tert-OH is 1. The maximum absolute atomic E-state index is 10.4. The summed E-state index contributed by atoms with van der Waals surface area (Å²) in [6.45, 7) is 0. The van der Waals surface area contributed by atoms with E-state index in [-0.39, 0.29) is 0 Å². The van der Waals surface area contributed by atoms with Crippen LogP contribution in [0.2, 0.25) is 0 Å². The molecule has 0 heterocycles.